The number of thioether (sulfide) groups is 1. The topological polar surface area (TPSA) is 30.7 Å². The fourth-order valence-corrected chi connectivity index (χ4v) is 3.80. The van der Waals surface area contributed by atoms with Crippen LogP contribution in [-0.4, -0.2) is 15.0 Å². The van der Waals surface area contributed by atoms with Gasteiger partial charge in [0, 0.05) is 12.8 Å². The molecule has 0 atom stereocenters. The molecule has 2 heterocycles. The zero-order valence-corrected chi connectivity index (χ0v) is 13.0. The quantitative estimate of drug-likeness (QED) is 0.678. The molecular weight excluding hydrogens is 286 g/mol. The maximum absolute atomic E-state index is 4.29. The molecule has 0 aliphatic carbocycles. The van der Waals surface area contributed by atoms with E-state index in [1.54, 1.807) is 23.1 Å². The van der Waals surface area contributed by atoms with Crippen molar-refractivity contribution in [1.29, 1.82) is 0 Å². The summed E-state index contributed by atoms with van der Waals surface area (Å²) < 4.78 is 1.86. The number of nitrogens with zero attached hydrogens (tertiary/aromatic N) is 3. The van der Waals surface area contributed by atoms with E-state index in [2.05, 4.69) is 52.9 Å². The molecule has 2 aromatic heterocycles. The monoisotopic (exact) mass is 301 g/mol. The zero-order chi connectivity index (χ0) is 13.9. The van der Waals surface area contributed by atoms with Crippen LogP contribution in [0.5, 0.6) is 0 Å². The molecule has 3 aromatic rings. The minimum atomic E-state index is 0.932. The fourth-order valence-electron chi connectivity index (χ4n) is 2.03. The Morgan fingerprint density at radius 3 is 2.90 bits per heavy atom. The maximum Gasteiger partial charge on any atom is 0.136 e. The Balaban J connectivity index is 1.83. The van der Waals surface area contributed by atoms with E-state index >= 15 is 0 Å². The molecule has 0 saturated heterocycles. The Labute approximate surface area is 126 Å². The zero-order valence-electron chi connectivity index (χ0n) is 11.4. The summed E-state index contributed by atoms with van der Waals surface area (Å²) in [5.74, 6) is 0.932. The lowest BCUT2D eigenvalue weighted by Crippen LogP contribution is -1.93. The van der Waals surface area contributed by atoms with Gasteiger partial charge in [0.15, 0.2) is 0 Å². The predicted molar refractivity (Wildman–Crippen MR) is 85.1 cm³/mol. The molecule has 0 amide bonds. The van der Waals surface area contributed by atoms with Crippen LogP contribution in [0.2, 0.25) is 0 Å². The molecule has 0 spiro atoms. The number of aryl methyl sites for hydroxylation is 2. The summed E-state index contributed by atoms with van der Waals surface area (Å²) in [5, 5.41) is 11.6. The predicted octanol–water partition coefficient (Wildman–Crippen LogP) is 4.14. The number of hydrogen-bond acceptors (Lipinski definition) is 4. The lowest BCUT2D eigenvalue weighted by atomic mass is 10.2. The highest BCUT2D eigenvalue weighted by Crippen LogP contribution is 2.33. The van der Waals surface area contributed by atoms with Crippen LogP contribution in [0.4, 0.5) is 0 Å². The summed E-state index contributed by atoms with van der Waals surface area (Å²) in [6.45, 7) is 2.12. The minimum absolute atomic E-state index is 0.932. The molecule has 0 N–H and O–H groups in total. The smallest absolute Gasteiger partial charge is 0.136 e. The molecule has 0 aliphatic heterocycles. The number of hydrogen-bond donors (Lipinski definition) is 0. The first-order valence-corrected chi connectivity index (χ1v) is 8.22. The van der Waals surface area contributed by atoms with E-state index in [-0.39, 0.29) is 0 Å². The molecular formula is C15H15N3S2. The van der Waals surface area contributed by atoms with Gasteiger partial charge in [-0.1, -0.05) is 52.9 Å². The van der Waals surface area contributed by atoms with Crippen molar-refractivity contribution in [2.45, 2.75) is 17.7 Å². The highest BCUT2D eigenvalue weighted by atomic mass is 32.2. The van der Waals surface area contributed by atoms with E-state index in [4.69, 9.17) is 0 Å². The van der Waals surface area contributed by atoms with Crippen LogP contribution in [0.25, 0.3) is 10.6 Å². The van der Waals surface area contributed by atoms with Crippen molar-refractivity contribution in [3.05, 3.63) is 52.9 Å². The van der Waals surface area contributed by atoms with Crippen LogP contribution in [0.3, 0.4) is 0 Å². The third-order valence-electron chi connectivity index (χ3n) is 2.99. The maximum atomic E-state index is 4.29. The van der Waals surface area contributed by atoms with Gasteiger partial charge in [0.2, 0.25) is 0 Å². The molecule has 0 aliphatic rings. The van der Waals surface area contributed by atoms with Crippen LogP contribution in [-0.2, 0) is 12.8 Å². The molecule has 102 valence electrons. The Bertz CT molecular complexity index is 702. The summed E-state index contributed by atoms with van der Waals surface area (Å²) in [6, 6.07) is 12.7. The second-order valence-electron chi connectivity index (χ2n) is 4.62. The van der Waals surface area contributed by atoms with Crippen LogP contribution in [0.1, 0.15) is 11.1 Å². The third-order valence-corrected chi connectivity index (χ3v) is 5.07. The lowest BCUT2D eigenvalue weighted by Gasteiger charge is -2.04. The van der Waals surface area contributed by atoms with Gasteiger partial charge in [0.25, 0.3) is 0 Å². The molecule has 0 unspecified atom stereocenters. The van der Waals surface area contributed by atoms with Crippen molar-refractivity contribution >= 4 is 23.1 Å². The second-order valence-corrected chi connectivity index (χ2v) is 6.53. The average Bonchev–Trinajstić information content (AvgIpc) is 3.06. The van der Waals surface area contributed by atoms with Crippen molar-refractivity contribution in [2.75, 3.05) is 0 Å². The van der Waals surface area contributed by atoms with Crippen molar-refractivity contribution in [1.82, 2.24) is 15.0 Å². The van der Waals surface area contributed by atoms with Crippen LogP contribution < -0.4 is 0 Å². The SMILES string of the molecule is Cc1cccc(CSc2c(-c3cccs3)nnn2C)c1. The first-order chi connectivity index (χ1) is 9.74. The van der Waals surface area contributed by atoms with E-state index in [0.29, 0.717) is 0 Å². The summed E-state index contributed by atoms with van der Waals surface area (Å²) in [7, 11) is 1.95. The number of aromatic nitrogens is 3. The highest BCUT2D eigenvalue weighted by Gasteiger charge is 2.14. The average molecular weight is 301 g/mol. The van der Waals surface area contributed by atoms with Crippen molar-refractivity contribution in [3.8, 4) is 10.6 Å². The number of rotatable bonds is 4. The molecule has 0 bridgehead atoms. The summed E-state index contributed by atoms with van der Waals surface area (Å²) in [4.78, 5) is 1.17. The molecule has 5 heteroatoms. The third kappa shape index (κ3) is 2.78. The Kier molecular flexibility index (Phi) is 3.89. The summed E-state index contributed by atoms with van der Waals surface area (Å²) >= 11 is 3.48. The Morgan fingerprint density at radius 1 is 1.25 bits per heavy atom. The van der Waals surface area contributed by atoms with Crippen LogP contribution in [0, 0.1) is 6.92 Å². The molecule has 3 nitrogen and oxygen atoms in total. The molecule has 1 aromatic carbocycles. The second kappa shape index (κ2) is 5.81. The first-order valence-electron chi connectivity index (χ1n) is 6.36. The number of benzene rings is 1. The Morgan fingerprint density at radius 2 is 2.15 bits per heavy atom. The van der Waals surface area contributed by atoms with E-state index in [9.17, 15) is 0 Å². The van der Waals surface area contributed by atoms with Gasteiger partial charge in [0.1, 0.15) is 10.7 Å². The van der Waals surface area contributed by atoms with Gasteiger partial charge in [-0.2, -0.15) is 0 Å². The highest BCUT2D eigenvalue weighted by molar-refractivity contribution is 7.98. The normalized spacial score (nSPS) is 10.9. The fraction of sp³-hybridized carbons (Fsp3) is 0.200. The van der Waals surface area contributed by atoms with Gasteiger partial charge in [0.05, 0.1) is 4.88 Å². The van der Waals surface area contributed by atoms with Crippen molar-refractivity contribution < 1.29 is 0 Å². The standard InChI is InChI=1S/C15H15N3S2/c1-11-5-3-6-12(9-11)10-20-15-14(16-17-18(15)2)13-7-4-8-19-13/h3-9H,10H2,1-2H3. The van der Waals surface area contributed by atoms with Crippen molar-refractivity contribution in [2.24, 2.45) is 7.05 Å². The summed E-state index contributed by atoms with van der Waals surface area (Å²) in [6.07, 6.45) is 0. The van der Waals surface area contributed by atoms with Gasteiger partial charge in [-0.3, -0.25) is 0 Å². The number of thiophene rings is 1. The molecule has 0 fully saturated rings. The summed E-state index contributed by atoms with van der Waals surface area (Å²) in [5.41, 5.74) is 3.61. The van der Waals surface area contributed by atoms with Crippen LogP contribution in [0.15, 0.2) is 46.8 Å². The molecule has 20 heavy (non-hydrogen) atoms. The van der Waals surface area contributed by atoms with E-state index in [1.165, 1.54) is 16.0 Å². The van der Waals surface area contributed by atoms with Gasteiger partial charge in [-0.25, -0.2) is 4.68 Å². The lowest BCUT2D eigenvalue weighted by molar-refractivity contribution is 0.665. The Hall–Kier alpha value is -1.59. The van der Waals surface area contributed by atoms with E-state index in [0.717, 1.165) is 16.5 Å². The largest absolute Gasteiger partial charge is 0.241 e. The van der Waals surface area contributed by atoms with Gasteiger partial charge in [-0.05, 0) is 23.9 Å². The minimum Gasteiger partial charge on any atom is -0.241 e. The van der Waals surface area contributed by atoms with E-state index < -0.39 is 0 Å². The van der Waals surface area contributed by atoms with Crippen LogP contribution >= 0.6 is 23.1 Å². The van der Waals surface area contributed by atoms with E-state index in [1.807, 2.05) is 17.8 Å². The van der Waals surface area contributed by atoms with Gasteiger partial charge >= 0.3 is 0 Å². The molecule has 3 rings (SSSR count). The van der Waals surface area contributed by atoms with Gasteiger partial charge < -0.3 is 0 Å². The molecule has 0 saturated carbocycles. The first kappa shape index (κ1) is 13.4. The van der Waals surface area contributed by atoms with Crippen molar-refractivity contribution in [3.63, 3.8) is 0 Å². The van der Waals surface area contributed by atoms with Gasteiger partial charge in [-0.15, -0.1) is 16.4 Å². The molecule has 0 radical (unpaired) electrons.